The van der Waals surface area contributed by atoms with Gasteiger partial charge < -0.3 is 15.2 Å². The minimum Gasteiger partial charge on any atom is -0.360 e. The molecular formula is C20H20N4O3. The second kappa shape index (κ2) is 8.27. The van der Waals surface area contributed by atoms with E-state index >= 15 is 0 Å². The number of aromatic nitrogens is 2. The first-order valence-electron chi connectivity index (χ1n) is 8.62. The summed E-state index contributed by atoms with van der Waals surface area (Å²) in [6, 6.07) is 10.6. The minimum absolute atomic E-state index is 0.200. The highest BCUT2D eigenvalue weighted by Crippen LogP contribution is 2.15. The maximum absolute atomic E-state index is 12.4. The summed E-state index contributed by atoms with van der Waals surface area (Å²) in [6.07, 6.45) is 3.75. The molecule has 7 nitrogen and oxygen atoms in total. The molecule has 0 atom stereocenters. The van der Waals surface area contributed by atoms with Crippen molar-refractivity contribution in [2.75, 3.05) is 5.32 Å². The number of pyridine rings is 1. The van der Waals surface area contributed by atoms with Gasteiger partial charge in [-0.1, -0.05) is 24.2 Å². The van der Waals surface area contributed by atoms with Crippen molar-refractivity contribution in [3.8, 4) is 0 Å². The molecule has 0 spiro atoms. The van der Waals surface area contributed by atoms with E-state index in [0.29, 0.717) is 41.2 Å². The van der Waals surface area contributed by atoms with Gasteiger partial charge in [0.25, 0.3) is 11.8 Å². The van der Waals surface area contributed by atoms with Crippen molar-refractivity contribution in [3.05, 3.63) is 76.9 Å². The molecule has 27 heavy (non-hydrogen) atoms. The zero-order chi connectivity index (χ0) is 19.2. The van der Waals surface area contributed by atoms with Gasteiger partial charge >= 0.3 is 0 Å². The molecule has 2 amide bonds. The van der Waals surface area contributed by atoms with Gasteiger partial charge in [-0.2, -0.15) is 0 Å². The summed E-state index contributed by atoms with van der Waals surface area (Å²) in [5.74, 6) is 0.174. The Balaban J connectivity index is 1.58. The van der Waals surface area contributed by atoms with Crippen molar-refractivity contribution in [2.24, 2.45) is 0 Å². The lowest BCUT2D eigenvalue weighted by molar-refractivity contribution is 0.0947. The SMILES string of the molecule is CCc1onc(C)c1C(=O)NCc1ccc(NC(=O)c2ccncc2)cc1. The van der Waals surface area contributed by atoms with Crippen LogP contribution < -0.4 is 10.6 Å². The van der Waals surface area contributed by atoms with Crippen LogP contribution in [0.5, 0.6) is 0 Å². The zero-order valence-electron chi connectivity index (χ0n) is 15.2. The van der Waals surface area contributed by atoms with Crippen molar-refractivity contribution in [1.29, 1.82) is 0 Å². The topological polar surface area (TPSA) is 97.1 Å². The van der Waals surface area contributed by atoms with Crippen molar-refractivity contribution in [3.63, 3.8) is 0 Å². The van der Waals surface area contributed by atoms with Gasteiger partial charge in [0, 0.05) is 36.6 Å². The molecule has 0 unspecified atom stereocenters. The van der Waals surface area contributed by atoms with Crippen molar-refractivity contribution >= 4 is 17.5 Å². The first-order valence-corrected chi connectivity index (χ1v) is 8.62. The number of aryl methyl sites for hydroxylation is 2. The smallest absolute Gasteiger partial charge is 0.257 e. The van der Waals surface area contributed by atoms with Crippen LogP contribution in [0, 0.1) is 6.92 Å². The maximum Gasteiger partial charge on any atom is 0.257 e. The lowest BCUT2D eigenvalue weighted by atomic mass is 10.1. The van der Waals surface area contributed by atoms with E-state index in [9.17, 15) is 9.59 Å². The number of anilines is 1. The number of carbonyl (C=O) groups excluding carboxylic acids is 2. The summed E-state index contributed by atoms with van der Waals surface area (Å²) in [4.78, 5) is 28.4. The predicted octanol–water partition coefficient (Wildman–Crippen LogP) is 3.12. The summed E-state index contributed by atoms with van der Waals surface area (Å²) in [5.41, 5.74) is 3.21. The largest absolute Gasteiger partial charge is 0.360 e. The van der Waals surface area contributed by atoms with Crippen molar-refractivity contribution in [2.45, 2.75) is 26.8 Å². The van der Waals surface area contributed by atoms with E-state index in [4.69, 9.17) is 4.52 Å². The number of amides is 2. The molecule has 1 aromatic carbocycles. The summed E-state index contributed by atoms with van der Waals surface area (Å²) in [6.45, 7) is 4.03. The molecule has 0 saturated heterocycles. The van der Waals surface area contributed by atoms with Crippen LogP contribution in [0.2, 0.25) is 0 Å². The Hall–Kier alpha value is -3.48. The second-order valence-corrected chi connectivity index (χ2v) is 5.99. The highest BCUT2D eigenvalue weighted by molar-refractivity contribution is 6.04. The Morgan fingerprint density at radius 2 is 1.74 bits per heavy atom. The van der Waals surface area contributed by atoms with Crippen molar-refractivity contribution < 1.29 is 14.1 Å². The first-order chi connectivity index (χ1) is 13.1. The van der Waals surface area contributed by atoms with Gasteiger partial charge in [-0.05, 0) is 36.8 Å². The third-order valence-electron chi connectivity index (χ3n) is 4.09. The highest BCUT2D eigenvalue weighted by Gasteiger charge is 2.18. The van der Waals surface area contributed by atoms with E-state index in [1.165, 1.54) is 0 Å². The van der Waals surface area contributed by atoms with Crippen LogP contribution in [0.4, 0.5) is 5.69 Å². The first kappa shape index (κ1) is 18.3. The summed E-state index contributed by atoms with van der Waals surface area (Å²) >= 11 is 0. The molecule has 0 saturated carbocycles. The third kappa shape index (κ3) is 4.38. The summed E-state index contributed by atoms with van der Waals surface area (Å²) in [5, 5.41) is 9.54. The summed E-state index contributed by atoms with van der Waals surface area (Å²) < 4.78 is 5.15. The van der Waals surface area contributed by atoms with Gasteiger partial charge in [0.1, 0.15) is 11.3 Å². The van der Waals surface area contributed by atoms with E-state index in [2.05, 4.69) is 20.8 Å². The molecule has 0 radical (unpaired) electrons. The Bertz CT molecular complexity index is 934. The average Bonchev–Trinajstić information content (AvgIpc) is 3.08. The van der Waals surface area contributed by atoms with Crippen LogP contribution in [-0.4, -0.2) is 22.0 Å². The lowest BCUT2D eigenvalue weighted by Crippen LogP contribution is -2.24. The van der Waals surface area contributed by atoms with E-state index in [1.807, 2.05) is 19.1 Å². The van der Waals surface area contributed by atoms with Gasteiger partial charge in [0.05, 0.1) is 5.69 Å². The standard InChI is InChI=1S/C20H20N4O3/c1-3-17-18(13(2)24-27-17)20(26)22-12-14-4-6-16(7-5-14)23-19(25)15-8-10-21-11-9-15/h4-11H,3,12H2,1-2H3,(H,22,26)(H,23,25). The molecule has 0 bridgehead atoms. The van der Waals surface area contributed by atoms with Crippen LogP contribution >= 0.6 is 0 Å². The number of carbonyl (C=O) groups is 2. The second-order valence-electron chi connectivity index (χ2n) is 5.99. The molecule has 7 heteroatoms. The van der Waals surface area contributed by atoms with E-state index < -0.39 is 0 Å². The van der Waals surface area contributed by atoms with Crippen LogP contribution in [0.15, 0.2) is 53.3 Å². The maximum atomic E-state index is 12.4. The van der Waals surface area contributed by atoms with E-state index in [-0.39, 0.29) is 11.8 Å². The molecule has 2 aromatic heterocycles. The number of benzene rings is 1. The Morgan fingerprint density at radius 3 is 2.41 bits per heavy atom. The molecular weight excluding hydrogens is 344 g/mol. The average molecular weight is 364 g/mol. The summed E-state index contributed by atoms with van der Waals surface area (Å²) in [7, 11) is 0. The predicted molar refractivity (Wildman–Crippen MR) is 100 cm³/mol. The van der Waals surface area contributed by atoms with Gasteiger partial charge in [0.2, 0.25) is 0 Å². The zero-order valence-corrected chi connectivity index (χ0v) is 15.2. The molecule has 0 aliphatic rings. The Labute approximate surface area is 156 Å². The molecule has 3 rings (SSSR count). The minimum atomic E-state index is -0.208. The van der Waals surface area contributed by atoms with Crippen LogP contribution in [0.25, 0.3) is 0 Å². The van der Waals surface area contributed by atoms with Gasteiger partial charge in [-0.15, -0.1) is 0 Å². The van der Waals surface area contributed by atoms with Gasteiger partial charge in [-0.25, -0.2) is 0 Å². The molecule has 2 N–H and O–H groups in total. The monoisotopic (exact) mass is 364 g/mol. The molecule has 0 aliphatic carbocycles. The van der Waals surface area contributed by atoms with E-state index in [0.717, 1.165) is 5.56 Å². The Kier molecular flexibility index (Phi) is 5.61. The van der Waals surface area contributed by atoms with Gasteiger partial charge in [-0.3, -0.25) is 14.6 Å². The molecule has 0 fully saturated rings. The highest BCUT2D eigenvalue weighted by atomic mass is 16.5. The molecule has 138 valence electrons. The molecule has 3 aromatic rings. The fourth-order valence-electron chi connectivity index (χ4n) is 2.63. The number of nitrogens with zero attached hydrogens (tertiary/aromatic N) is 2. The molecule has 0 aliphatic heterocycles. The van der Waals surface area contributed by atoms with Gasteiger partial charge in [0.15, 0.2) is 0 Å². The number of nitrogens with one attached hydrogen (secondary N) is 2. The van der Waals surface area contributed by atoms with E-state index in [1.54, 1.807) is 43.6 Å². The molecule has 2 heterocycles. The normalized spacial score (nSPS) is 10.4. The number of hydrogen-bond acceptors (Lipinski definition) is 5. The fourth-order valence-corrected chi connectivity index (χ4v) is 2.63. The third-order valence-corrected chi connectivity index (χ3v) is 4.09. The fraction of sp³-hybridized carbons (Fsp3) is 0.200. The van der Waals surface area contributed by atoms with Crippen LogP contribution in [0.3, 0.4) is 0 Å². The lowest BCUT2D eigenvalue weighted by Gasteiger charge is -2.08. The number of hydrogen-bond donors (Lipinski definition) is 2. The Morgan fingerprint density at radius 1 is 1.04 bits per heavy atom. The van der Waals surface area contributed by atoms with Crippen LogP contribution in [0.1, 0.15) is 44.7 Å². The van der Waals surface area contributed by atoms with Crippen molar-refractivity contribution in [1.82, 2.24) is 15.5 Å². The van der Waals surface area contributed by atoms with Crippen LogP contribution in [-0.2, 0) is 13.0 Å². The quantitative estimate of drug-likeness (QED) is 0.700. The number of rotatable bonds is 6.